The van der Waals surface area contributed by atoms with Crippen molar-refractivity contribution in [1.82, 2.24) is 0 Å². The summed E-state index contributed by atoms with van der Waals surface area (Å²) in [5.41, 5.74) is -0.221. The van der Waals surface area contributed by atoms with Crippen LogP contribution < -0.4 is 0 Å². The fourth-order valence-corrected chi connectivity index (χ4v) is 2.33. The SMILES string of the molecule is O=C(O)c1ccc(COCOCCOCO)c(C(=O)O)c1COCOCCOCO. The van der Waals surface area contributed by atoms with E-state index in [4.69, 9.17) is 29.2 Å². The normalized spacial score (nSPS) is 11.0. The Hall–Kier alpha value is -2.16. The summed E-state index contributed by atoms with van der Waals surface area (Å²) in [5, 5.41) is 35.9. The van der Waals surface area contributed by atoms with Crippen molar-refractivity contribution in [2.24, 2.45) is 0 Å². The third-order valence-corrected chi connectivity index (χ3v) is 3.61. The van der Waals surface area contributed by atoms with Gasteiger partial charge in [-0.2, -0.15) is 0 Å². The molecule has 0 aromatic heterocycles. The zero-order valence-corrected chi connectivity index (χ0v) is 16.3. The summed E-state index contributed by atoms with van der Waals surface area (Å²) in [6.45, 7) is -1.06. The Kier molecular flexibility index (Phi) is 13.5. The lowest BCUT2D eigenvalue weighted by molar-refractivity contribution is -0.0907. The minimum absolute atomic E-state index is 0.0245. The van der Waals surface area contributed by atoms with E-state index in [1.54, 1.807) is 0 Å². The van der Waals surface area contributed by atoms with Gasteiger partial charge in [0.25, 0.3) is 0 Å². The predicted octanol–water partition coefficient (Wildman–Crippen LogP) is -0.00280. The first-order chi connectivity index (χ1) is 14.5. The van der Waals surface area contributed by atoms with Crippen molar-refractivity contribution >= 4 is 11.9 Å². The van der Waals surface area contributed by atoms with E-state index in [2.05, 4.69) is 9.47 Å². The van der Waals surface area contributed by atoms with Crippen molar-refractivity contribution in [3.8, 4) is 0 Å². The summed E-state index contributed by atoms with van der Waals surface area (Å²) in [4.78, 5) is 23.3. The van der Waals surface area contributed by atoms with Gasteiger partial charge < -0.3 is 48.8 Å². The first-order valence-corrected chi connectivity index (χ1v) is 8.82. The maximum atomic E-state index is 11.8. The first-order valence-electron chi connectivity index (χ1n) is 8.82. The lowest BCUT2D eigenvalue weighted by atomic mass is 9.96. The summed E-state index contributed by atoms with van der Waals surface area (Å²) >= 11 is 0. The molecule has 0 aliphatic heterocycles. The van der Waals surface area contributed by atoms with E-state index in [0.29, 0.717) is 0 Å². The van der Waals surface area contributed by atoms with Crippen LogP contribution in [0.5, 0.6) is 0 Å². The van der Waals surface area contributed by atoms with Crippen LogP contribution in [0.3, 0.4) is 0 Å². The van der Waals surface area contributed by atoms with Crippen molar-refractivity contribution in [2.75, 3.05) is 53.6 Å². The van der Waals surface area contributed by atoms with E-state index in [-0.39, 0.29) is 75.5 Å². The topological polar surface area (TPSA) is 170 Å². The number of ether oxygens (including phenoxy) is 6. The summed E-state index contributed by atoms with van der Waals surface area (Å²) in [5.74, 6) is -2.63. The molecule has 1 aromatic rings. The van der Waals surface area contributed by atoms with Crippen molar-refractivity contribution in [3.05, 3.63) is 34.4 Å². The molecule has 0 aliphatic rings. The maximum Gasteiger partial charge on any atom is 0.336 e. The highest BCUT2D eigenvalue weighted by Gasteiger charge is 2.22. The molecule has 4 N–H and O–H groups in total. The largest absolute Gasteiger partial charge is 0.478 e. The lowest BCUT2D eigenvalue weighted by Crippen LogP contribution is -2.16. The van der Waals surface area contributed by atoms with Crippen LogP contribution in [0.1, 0.15) is 31.8 Å². The number of aliphatic hydroxyl groups excluding tert-OH is 2. The number of carboxylic acid groups (broad SMARTS) is 2. The molecule has 0 heterocycles. The minimum atomic E-state index is -1.33. The molecule has 0 saturated heterocycles. The molecule has 0 saturated carbocycles. The third kappa shape index (κ3) is 9.56. The van der Waals surface area contributed by atoms with Gasteiger partial charge in [-0.05, 0) is 11.6 Å². The van der Waals surface area contributed by atoms with E-state index in [1.165, 1.54) is 12.1 Å². The molecule has 0 radical (unpaired) electrons. The minimum Gasteiger partial charge on any atom is -0.478 e. The number of hydrogen-bond donors (Lipinski definition) is 4. The van der Waals surface area contributed by atoms with Gasteiger partial charge in [-0.15, -0.1) is 0 Å². The van der Waals surface area contributed by atoms with Gasteiger partial charge >= 0.3 is 11.9 Å². The van der Waals surface area contributed by atoms with Gasteiger partial charge in [0, 0.05) is 5.56 Å². The van der Waals surface area contributed by atoms with Gasteiger partial charge in [0.1, 0.15) is 27.2 Å². The van der Waals surface area contributed by atoms with Crippen LogP contribution in [0, 0.1) is 0 Å². The lowest BCUT2D eigenvalue weighted by Gasteiger charge is -2.15. The Labute approximate surface area is 172 Å². The molecule has 0 unspecified atom stereocenters. The van der Waals surface area contributed by atoms with Gasteiger partial charge in [0.15, 0.2) is 0 Å². The Balaban J connectivity index is 2.74. The van der Waals surface area contributed by atoms with E-state index < -0.39 is 25.5 Å². The summed E-state index contributed by atoms with van der Waals surface area (Å²) in [6.07, 6.45) is 0. The van der Waals surface area contributed by atoms with E-state index in [1.807, 2.05) is 0 Å². The van der Waals surface area contributed by atoms with Gasteiger partial charge in [-0.1, -0.05) is 6.07 Å². The third-order valence-electron chi connectivity index (χ3n) is 3.61. The molecule has 12 heteroatoms. The van der Waals surface area contributed by atoms with Crippen molar-refractivity contribution < 1.29 is 58.4 Å². The Morgan fingerprint density at radius 1 is 0.700 bits per heavy atom. The van der Waals surface area contributed by atoms with Crippen molar-refractivity contribution in [2.45, 2.75) is 13.2 Å². The van der Waals surface area contributed by atoms with Crippen LogP contribution in [0.2, 0.25) is 0 Å². The molecule has 170 valence electrons. The van der Waals surface area contributed by atoms with Crippen LogP contribution in [0.4, 0.5) is 0 Å². The quantitative estimate of drug-likeness (QED) is 0.180. The molecule has 1 aromatic carbocycles. The highest BCUT2D eigenvalue weighted by atomic mass is 16.7. The maximum absolute atomic E-state index is 11.8. The van der Waals surface area contributed by atoms with Crippen molar-refractivity contribution in [3.63, 3.8) is 0 Å². The van der Waals surface area contributed by atoms with Crippen LogP contribution in [0.25, 0.3) is 0 Å². The van der Waals surface area contributed by atoms with Crippen LogP contribution in [-0.4, -0.2) is 86.0 Å². The predicted molar refractivity (Wildman–Crippen MR) is 97.7 cm³/mol. The standard InChI is InChI=1S/C18H26O12/c19-9-25-3-5-27-11-29-7-13-1-2-14(17(21)22)15(16(13)18(23)24)8-30-12-28-6-4-26-10-20/h1-2,19-20H,3-12H2,(H,21,22)(H,23,24). The second-order valence-corrected chi connectivity index (χ2v) is 5.56. The Morgan fingerprint density at radius 3 is 1.73 bits per heavy atom. The van der Waals surface area contributed by atoms with E-state index in [0.717, 1.165) is 0 Å². The second-order valence-electron chi connectivity index (χ2n) is 5.56. The molecule has 0 spiro atoms. The summed E-state index contributed by atoms with van der Waals surface area (Å²) in [7, 11) is 0. The molecule has 0 atom stereocenters. The number of carbonyl (C=O) groups is 2. The van der Waals surface area contributed by atoms with Gasteiger partial charge in [0.05, 0.1) is 50.8 Å². The number of benzene rings is 1. The molecule has 12 nitrogen and oxygen atoms in total. The molecule has 1 rings (SSSR count). The second kappa shape index (κ2) is 15.6. The number of rotatable bonds is 18. The molecule has 0 bridgehead atoms. The highest BCUT2D eigenvalue weighted by Crippen LogP contribution is 2.22. The van der Waals surface area contributed by atoms with Crippen LogP contribution in [0.15, 0.2) is 12.1 Å². The molecular formula is C18H26O12. The van der Waals surface area contributed by atoms with Crippen LogP contribution in [-0.2, 0) is 41.6 Å². The number of carboxylic acids is 2. The zero-order valence-electron chi connectivity index (χ0n) is 16.3. The van der Waals surface area contributed by atoms with E-state index >= 15 is 0 Å². The number of aromatic carboxylic acids is 2. The van der Waals surface area contributed by atoms with Gasteiger partial charge in [0.2, 0.25) is 0 Å². The number of aliphatic hydroxyl groups is 2. The van der Waals surface area contributed by atoms with E-state index in [9.17, 15) is 19.8 Å². The first kappa shape index (κ1) is 25.9. The summed E-state index contributed by atoms with van der Waals surface area (Å²) in [6, 6.07) is 2.63. The molecule has 0 fully saturated rings. The fraction of sp³-hybridized carbons (Fsp3) is 0.556. The average molecular weight is 434 g/mol. The molecular weight excluding hydrogens is 408 g/mol. The van der Waals surface area contributed by atoms with Crippen LogP contribution >= 0.6 is 0 Å². The zero-order chi connectivity index (χ0) is 22.2. The Bertz CT molecular complexity index is 648. The molecule has 0 aliphatic carbocycles. The smallest absolute Gasteiger partial charge is 0.336 e. The summed E-state index contributed by atoms with van der Waals surface area (Å²) < 4.78 is 30.1. The molecule has 0 amide bonds. The van der Waals surface area contributed by atoms with Crippen molar-refractivity contribution in [1.29, 1.82) is 0 Å². The average Bonchev–Trinajstić information content (AvgIpc) is 2.71. The molecule has 30 heavy (non-hydrogen) atoms. The number of hydrogen-bond acceptors (Lipinski definition) is 10. The monoisotopic (exact) mass is 434 g/mol. The van der Waals surface area contributed by atoms with Gasteiger partial charge in [-0.3, -0.25) is 0 Å². The Morgan fingerprint density at radius 2 is 1.23 bits per heavy atom. The fourth-order valence-electron chi connectivity index (χ4n) is 2.33. The van der Waals surface area contributed by atoms with Gasteiger partial charge in [-0.25, -0.2) is 9.59 Å². The highest BCUT2D eigenvalue weighted by molar-refractivity contribution is 5.97.